The van der Waals surface area contributed by atoms with Crippen LogP contribution in [0, 0.1) is 5.82 Å². The van der Waals surface area contributed by atoms with Gasteiger partial charge in [0.25, 0.3) is 5.22 Å². The molecule has 0 aliphatic carbocycles. The summed E-state index contributed by atoms with van der Waals surface area (Å²) >= 11 is 4.75. The number of aromatic nitrogens is 2. The molecule has 0 bridgehead atoms. The molecule has 0 aliphatic heterocycles. The standard InChI is InChI=1S/C18H14BrFN2O2S/c19-14-7-3-12(4-8-14)16(23)2-1-11-25-18-22-21-17(24-18)13-5-9-15(20)10-6-13/h3-10H,1-2,11H2. The van der Waals surface area contributed by atoms with Gasteiger partial charge in [-0.25, -0.2) is 4.39 Å². The van der Waals surface area contributed by atoms with Crippen molar-refractivity contribution in [3.05, 3.63) is 64.4 Å². The van der Waals surface area contributed by atoms with Gasteiger partial charge in [-0.05, 0) is 42.8 Å². The van der Waals surface area contributed by atoms with Gasteiger partial charge in [0.15, 0.2) is 5.78 Å². The summed E-state index contributed by atoms with van der Waals surface area (Å²) in [7, 11) is 0. The first kappa shape index (κ1) is 17.8. The van der Waals surface area contributed by atoms with Crippen LogP contribution in [-0.2, 0) is 0 Å². The van der Waals surface area contributed by atoms with Crippen molar-refractivity contribution in [2.45, 2.75) is 18.1 Å². The molecule has 0 atom stereocenters. The highest BCUT2D eigenvalue weighted by atomic mass is 79.9. The molecule has 0 saturated heterocycles. The number of thioether (sulfide) groups is 1. The van der Waals surface area contributed by atoms with Crippen molar-refractivity contribution in [3.8, 4) is 11.5 Å². The van der Waals surface area contributed by atoms with Crippen LogP contribution < -0.4 is 0 Å². The van der Waals surface area contributed by atoms with Crippen molar-refractivity contribution in [3.63, 3.8) is 0 Å². The molecule has 2 aromatic carbocycles. The zero-order valence-corrected chi connectivity index (χ0v) is 15.5. The van der Waals surface area contributed by atoms with E-state index in [1.54, 1.807) is 12.1 Å². The highest BCUT2D eigenvalue weighted by Crippen LogP contribution is 2.24. The highest BCUT2D eigenvalue weighted by molar-refractivity contribution is 9.10. The summed E-state index contributed by atoms with van der Waals surface area (Å²) in [6.45, 7) is 0. The third-order valence-electron chi connectivity index (χ3n) is 3.44. The fraction of sp³-hybridized carbons (Fsp3) is 0.167. The van der Waals surface area contributed by atoms with E-state index in [1.807, 2.05) is 24.3 Å². The smallest absolute Gasteiger partial charge is 0.276 e. The van der Waals surface area contributed by atoms with E-state index < -0.39 is 0 Å². The van der Waals surface area contributed by atoms with Crippen LogP contribution in [0.1, 0.15) is 23.2 Å². The minimum atomic E-state index is -0.312. The number of halogens is 2. The Morgan fingerprint density at radius 1 is 1.08 bits per heavy atom. The molecule has 0 aliphatic rings. The normalized spacial score (nSPS) is 10.8. The van der Waals surface area contributed by atoms with Gasteiger partial charge >= 0.3 is 0 Å². The summed E-state index contributed by atoms with van der Waals surface area (Å²) in [4.78, 5) is 12.1. The third-order valence-corrected chi connectivity index (χ3v) is 4.87. The summed E-state index contributed by atoms with van der Waals surface area (Å²) in [5.74, 6) is 0.861. The van der Waals surface area contributed by atoms with Crippen LogP contribution in [0.25, 0.3) is 11.5 Å². The molecule has 1 aromatic heterocycles. The first-order valence-corrected chi connectivity index (χ1v) is 9.41. The zero-order valence-electron chi connectivity index (χ0n) is 13.1. The van der Waals surface area contributed by atoms with Crippen LogP contribution in [0.15, 0.2) is 62.6 Å². The lowest BCUT2D eigenvalue weighted by molar-refractivity contribution is 0.0982. The minimum Gasteiger partial charge on any atom is -0.411 e. The van der Waals surface area contributed by atoms with Crippen LogP contribution in [0.4, 0.5) is 4.39 Å². The minimum absolute atomic E-state index is 0.116. The fourth-order valence-electron chi connectivity index (χ4n) is 2.15. The van der Waals surface area contributed by atoms with Crippen LogP contribution in [-0.4, -0.2) is 21.7 Å². The number of rotatable bonds is 7. The van der Waals surface area contributed by atoms with Gasteiger partial charge in [-0.2, -0.15) is 0 Å². The zero-order chi connectivity index (χ0) is 17.6. The lowest BCUT2D eigenvalue weighted by Crippen LogP contribution is -1.99. The Hall–Kier alpha value is -1.99. The summed E-state index contributed by atoms with van der Waals surface area (Å²) in [5, 5.41) is 8.36. The number of Topliss-reactive ketones (excluding diaryl/α,β-unsaturated/α-hetero) is 1. The number of hydrogen-bond donors (Lipinski definition) is 0. The number of ketones is 1. The maximum atomic E-state index is 12.9. The van der Waals surface area contributed by atoms with Gasteiger partial charge in [-0.1, -0.05) is 39.8 Å². The van der Waals surface area contributed by atoms with Crippen LogP contribution in [0.5, 0.6) is 0 Å². The van der Waals surface area contributed by atoms with Crippen LogP contribution in [0.2, 0.25) is 0 Å². The predicted octanol–water partition coefficient (Wildman–Crippen LogP) is 5.39. The number of hydrogen-bond acceptors (Lipinski definition) is 5. The molecule has 0 spiro atoms. The number of carbonyl (C=O) groups is 1. The Kier molecular flexibility index (Phi) is 5.99. The predicted molar refractivity (Wildman–Crippen MR) is 98.1 cm³/mol. The van der Waals surface area contributed by atoms with E-state index >= 15 is 0 Å². The fourth-order valence-corrected chi connectivity index (χ4v) is 3.11. The van der Waals surface area contributed by atoms with Gasteiger partial charge in [0.05, 0.1) is 0 Å². The van der Waals surface area contributed by atoms with Crippen molar-refractivity contribution < 1.29 is 13.6 Å². The van der Waals surface area contributed by atoms with Gasteiger partial charge in [-0.15, -0.1) is 10.2 Å². The number of nitrogens with zero attached hydrogens (tertiary/aromatic N) is 2. The molecule has 0 unspecified atom stereocenters. The van der Waals surface area contributed by atoms with E-state index in [1.165, 1.54) is 23.9 Å². The Morgan fingerprint density at radius 3 is 2.52 bits per heavy atom. The molecule has 0 amide bonds. The average molecular weight is 421 g/mol. The van der Waals surface area contributed by atoms with Crippen molar-refractivity contribution in [1.82, 2.24) is 10.2 Å². The Labute approximate surface area is 157 Å². The monoisotopic (exact) mass is 420 g/mol. The first-order valence-electron chi connectivity index (χ1n) is 7.63. The molecule has 3 rings (SSSR count). The molecule has 1 heterocycles. The molecule has 0 radical (unpaired) electrons. The molecule has 0 saturated carbocycles. The summed E-state index contributed by atoms with van der Waals surface area (Å²) in [6, 6.07) is 13.2. The Bertz CT molecular complexity index is 850. The largest absolute Gasteiger partial charge is 0.411 e. The van der Waals surface area contributed by atoms with Crippen LogP contribution in [0.3, 0.4) is 0 Å². The highest BCUT2D eigenvalue weighted by Gasteiger charge is 2.10. The summed E-state index contributed by atoms with van der Waals surface area (Å²) in [5.41, 5.74) is 1.38. The van der Waals surface area contributed by atoms with E-state index in [-0.39, 0.29) is 11.6 Å². The van der Waals surface area contributed by atoms with Crippen LogP contribution >= 0.6 is 27.7 Å². The van der Waals surface area contributed by atoms with Gasteiger partial charge in [-0.3, -0.25) is 4.79 Å². The number of carbonyl (C=O) groups excluding carboxylic acids is 1. The van der Waals surface area contributed by atoms with Crippen molar-refractivity contribution in [2.75, 3.05) is 5.75 Å². The lowest BCUT2D eigenvalue weighted by atomic mass is 10.1. The van der Waals surface area contributed by atoms with E-state index in [0.717, 1.165) is 4.47 Å². The average Bonchev–Trinajstić information content (AvgIpc) is 3.09. The SMILES string of the molecule is O=C(CCCSc1nnc(-c2ccc(F)cc2)o1)c1ccc(Br)cc1. The molecule has 3 aromatic rings. The molecule has 0 N–H and O–H groups in total. The van der Waals surface area contributed by atoms with Gasteiger partial charge in [0.2, 0.25) is 5.89 Å². The molecule has 25 heavy (non-hydrogen) atoms. The van der Waals surface area contributed by atoms with E-state index in [2.05, 4.69) is 26.1 Å². The first-order chi connectivity index (χ1) is 12.1. The molecule has 0 fully saturated rings. The second-order valence-corrected chi connectivity index (χ2v) is 7.22. The van der Waals surface area contributed by atoms with Gasteiger partial charge in [0.1, 0.15) is 5.82 Å². The molecular weight excluding hydrogens is 407 g/mol. The third kappa shape index (κ3) is 4.99. The topological polar surface area (TPSA) is 56.0 Å². The van der Waals surface area contributed by atoms with Crippen molar-refractivity contribution in [2.24, 2.45) is 0 Å². The van der Waals surface area contributed by atoms with E-state index in [4.69, 9.17) is 4.42 Å². The maximum Gasteiger partial charge on any atom is 0.276 e. The summed E-state index contributed by atoms with van der Waals surface area (Å²) in [6.07, 6.45) is 1.18. The quantitative estimate of drug-likeness (QED) is 0.291. The maximum absolute atomic E-state index is 12.9. The van der Waals surface area contributed by atoms with Gasteiger partial charge < -0.3 is 4.42 Å². The van der Waals surface area contributed by atoms with E-state index in [0.29, 0.717) is 40.8 Å². The molecule has 4 nitrogen and oxygen atoms in total. The lowest BCUT2D eigenvalue weighted by Gasteiger charge is -2.00. The van der Waals surface area contributed by atoms with Crippen molar-refractivity contribution in [1.29, 1.82) is 0 Å². The van der Waals surface area contributed by atoms with Crippen molar-refractivity contribution >= 4 is 33.5 Å². The van der Waals surface area contributed by atoms with Gasteiger partial charge in [0, 0.05) is 27.8 Å². The molecule has 128 valence electrons. The summed E-state index contributed by atoms with van der Waals surface area (Å²) < 4.78 is 19.4. The second-order valence-electron chi connectivity index (χ2n) is 5.26. The Morgan fingerprint density at radius 2 is 1.80 bits per heavy atom. The molecule has 7 heteroatoms. The number of benzene rings is 2. The molecular formula is C18H14BrFN2O2S. The Balaban J connectivity index is 1.47. The second kappa shape index (κ2) is 8.40. The van der Waals surface area contributed by atoms with E-state index in [9.17, 15) is 9.18 Å².